The molecule has 0 saturated carbocycles. The number of aromatic amines is 1. The standard InChI is InChI=1S/C18H23NO3/c1-5-14-12(2)19-17(15(16(14)20)18(3,4)21)22-11-13-9-7-6-8-10-13/h6-10,21H,5,11H2,1-4H3,(H,19,20). The predicted octanol–water partition coefficient (Wildman–Crippen LogP) is 3.05. The SMILES string of the molecule is CCc1c(C)[nH]c(OCc2ccccc2)c(C(C)(C)O)c1=O. The second-order valence-electron chi connectivity index (χ2n) is 5.95. The zero-order valence-corrected chi connectivity index (χ0v) is 13.6. The van der Waals surface area contributed by atoms with Crippen LogP contribution in [0.5, 0.6) is 5.88 Å². The first kappa shape index (κ1) is 16.3. The van der Waals surface area contributed by atoms with E-state index in [0.717, 1.165) is 11.3 Å². The molecule has 2 rings (SSSR count). The highest BCUT2D eigenvalue weighted by Crippen LogP contribution is 2.27. The summed E-state index contributed by atoms with van der Waals surface area (Å²) in [5, 5.41) is 10.4. The van der Waals surface area contributed by atoms with Gasteiger partial charge in [-0.25, -0.2) is 0 Å². The van der Waals surface area contributed by atoms with Crippen LogP contribution < -0.4 is 10.2 Å². The molecular weight excluding hydrogens is 278 g/mol. The van der Waals surface area contributed by atoms with Gasteiger partial charge in [0.1, 0.15) is 6.61 Å². The van der Waals surface area contributed by atoms with Gasteiger partial charge in [-0.3, -0.25) is 4.79 Å². The van der Waals surface area contributed by atoms with Gasteiger partial charge in [-0.05, 0) is 32.8 Å². The Bertz CT molecular complexity index is 697. The lowest BCUT2D eigenvalue weighted by molar-refractivity contribution is 0.0721. The maximum absolute atomic E-state index is 12.6. The van der Waals surface area contributed by atoms with Crippen LogP contribution in [0, 0.1) is 6.92 Å². The van der Waals surface area contributed by atoms with Gasteiger partial charge in [0.05, 0.1) is 11.2 Å². The number of nitrogens with one attached hydrogen (secondary N) is 1. The number of rotatable bonds is 5. The Morgan fingerprint density at radius 3 is 2.41 bits per heavy atom. The molecule has 22 heavy (non-hydrogen) atoms. The highest BCUT2D eigenvalue weighted by molar-refractivity contribution is 5.38. The Morgan fingerprint density at radius 1 is 1.23 bits per heavy atom. The molecule has 2 aromatic rings. The van der Waals surface area contributed by atoms with Crippen molar-refractivity contribution in [2.45, 2.75) is 46.3 Å². The van der Waals surface area contributed by atoms with E-state index in [4.69, 9.17) is 4.74 Å². The molecule has 2 N–H and O–H groups in total. The van der Waals surface area contributed by atoms with Crippen molar-refractivity contribution in [1.82, 2.24) is 4.98 Å². The van der Waals surface area contributed by atoms with Crippen LogP contribution in [0.2, 0.25) is 0 Å². The quantitative estimate of drug-likeness (QED) is 0.892. The first-order valence-corrected chi connectivity index (χ1v) is 7.50. The van der Waals surface area contributed by atoms with E-state index in [1.165, 1.54) is 0 Å². The summed E-state index contributed by atoms with van der Waals surface area (Å²) < 4.78 is 5.80. The third kappa shape index (κ3) is 3.39. The molecule has 0 atom stereocenters. The van der Waals surface area contributed by atoms with E-state index in [0.29, 0.717) is 24.5 Å². The summed E-state index contributed by atoms with van der Waals surface area (Å²) >= 11 is 0. The second kappa shape index (κ2) is 6.36. The van der Waals surface area contributed by atoms with Gasteiger partial charge in [-0.1, -0.05) is 37.3 Å². The maximum atomic E-state index is 12.6. The largest absolute Gasteiger partial charge is 0.474 e. The lowest BCUT2D eigenvalue weighted by Crippen LogP contribution is -2.30. The summed E-state index contributed by atoms with van der Waals surface area (Å²) in [7, 11) is 0. The normalized spacial score (nSPS) is 11.5. The molecule has 0 fully saturated rings. The van der Waals surface area contributed by atoms with Gasteiger partial charge in [0.25, 0.3) is 0 Å². The van der Waals surface area contributed by atoms with Crippen molar-refractivity contribution in [1.29, 1.82) is 0 Å². The molecule has 1 aromatic carbocycles. The molecule has 0 radical (unpaired) electrons. The number of ether oxygens (including phenoxy) is 1. The van der Waals surface area contributed by atoms with Crippen LogP contribution >= 0.6 is 0 Å². The molecule has 0 aliphatic heterocycles. The number of hydrogen-bond donors (Lipinski definition) is 2. The van der Waals surface area contributed by atoms with Gasteiger partial charge < -0.3 is 14.8 Å². The second-order valence-corrected chi connectivity index (χ2v) is 5.95. The Morgan fingerprint density at radius 2 is 1.86 bits per heavy atom. The molecule has 118 valence electrons. The highest BCUT2D eigenvalue weighted by atomic mass is 16.5. The first-order chi connectivity index (χ1) is 10.3. The number of benzene rings is 1. The van der Waals surface area contributed by atoms with Gasteiger partial charge in [0, 0.05) is 11.3 Å². The number of H-pyrrole nitrogens is 1. The average Bonchev–Trinajstić information content (AvgIpc) is 2.44. The van der Waals surface area contributed by atoms with Crippen LogP contribution in [-0.2, 0) is 18.6 Å². The predicted molar refractivity (Wildman–Crippen MR) is 87.2 cm³/mol. The van der Waals surface area contributed by atoms with E-state index in [-0.39, 0.29) is 11.0 Å². The number of aliphatic hydroxyl groups is 1. The molecule has 1 heterocycles. The van der Waals surface area contributed by atoms with Crippen molar-refractivity contribution in [2.24, 2.45) is 0 Å². The van der Waals surface area contributed by atoms with E-state index >= 15 is 0 Å². The van der Waals surface area contributed by atoms with Gasteiger partial charge in [-0.15, -0.1) is 0 Å². The van der Waals surface area contributed by atoms with Gasteiger partial charge in [-0.2, -0.15) is 0 Å². The van der Waals surface area contributed by atoms with Crippen molar-refractivity contribution in [2.75, 3.05) is 0 Å². The number of aryl methyl sites for hydroxylation is 1. The monoisotopic (exact) mass is 301 g/mol. The van der Waals surface area contributed by atoms with Crippen LogP contribution in [0.1, 0.15) is 43.2 Å². The third-order valence-electron chi connectivity index (χ3n) is 3.67. The molecule has 4 heteroatoms. The molecule has 0 spiro atoms. The van der Waals surface area contributed by atoms with E-state index in [1.807, 2.05) is 44.2 Å². The van der Waals surface area contributed by atoms with E-state index in [2.05, 4.69) is 4.98 Å². The van der Waals surface area contributed by atoms with Crippen LogP contribution in [-0.4, -0.2) is 10.1 Å². The zero-order valence-electron chi connectivity index (χ0n) is 13.6. The van der Waals surface area contributed by atoms with Crippen LogP contribution in [0.15, 0.2) is 35.1 Å². The minimum atomic E-state index is -1.27. The van der Waals surface area contributed by atoms with Crippen molar-refractivity contribution in [3.05, 3.63) is 62.9 Å². The Hall–Kier alpha value is -2.07. The summed E-state index contributed by atoms with van der Waals surface area (Å²) in [6.07, 6.45) is 0.614. The average molecular weight is 301 g/mol. The Balaban J connectivity index is 2.44. The van der Waals surface area contributed by atoms with Crippen molar-refractivity contribution < 1.29 is 9.84 Å². The highest BCUT2D eigenvalue weighted by Gasteiger charge is 2.27. The molecule has 0 saturated heterocycles. The topological polar surface area (TPSA) is 62.3 Å². The number of pyridine rings is 1. The molecule has 1 aromatic heterocycles. The maximum Gasteiger partial charge on any atom is 0.201 e. The third-order valence-corrected chi connectivity index (χ3v) is 3.67. The summed E-state index contributed by atoms with van der Waals surface area (Å²) in [6.45, 7) is 7.31. The Labute approximate surface area is 130 Å². The molecule has 0 unspecified atom stereocenters. The molecule has 0 aliphatic rings. The van der Waals surface area contributed by atoms with Crippen LogP contribution in [0.4, 0.5) is 0 Å². The van der Waals surface area contributed by atoms with E-state index in [9.17, 15) is 9.90 Å². The number of aromatic nitrogens is 1. The minimum absolute atomic E-state index is 0.144. The van der Waals surface area contributed by atoms with Gasteiger partial charge >= 0.3 is 0 Å². The van der Waals surface area contributed by atoms with Crippen molar-refractivity contribution in [3.8, 4) is 5.88 Å². The summed E-state index contributed by atoms with van der Waals surface area (Å²) in [6, 6.07) is 9.71. The molecule has 0 amide bonds. The fraction of sp³-hybridized carbons (Fsp3) is 0.389. The summed E-state index contributed by atoms with van der Waals surface area (Å²) in [5.41, 5.74) is 1.34. The molecule has 4 nitrogen and oxygen atoms in total. The number of hydrogen-bond acceptors (Lipinski definition) is 3. The van der Waals surface area contributed by atoms with Crippen molar-refractivity contribution in [3.63, 3.8) is 0 Å². The van der Waals surface area contributed by atoms with Crippen LogP contribution in [0.25, 0.3) is 0 Å². The van der Waals surface area contributed by atoms with Gasteiger partial charge in [0.2, 0.25) is 5.88 Å². The fourth-order valence-corrected chi connectivity index (χ4v) is 2.55. The lowest BCUT2D eigenvalue weighted by atomic mass is 9.95. The molecular formula is C18H23NO3. The zero-order chi connectivity index (χ0) is 16.3. The minimum Gasteiger partial charge on any atom is -0.474 e. The fourth-order valence-electron chi connectivity index (χ4n) is 2.55. The van der Waals surface area contributed by atoms with Crippen LogP contribution in [0.3, 0.4) is 0 Å². The Kier molecular flexibility index (Phi) is 4.71. The first-order valence-electron chi connectivity index (χ1n) is 7.50. The molecule has 0 aliphatic carbocycles. The summed E-state index contributed by atoms with van der Waals surface area (Å²) in [4.78, 5) is 15.8. The van der Waals surface area contributed by atoms with Crippen molar-refractivity contribution >= 4 is 0 Å². The molecule has 0 bridgehead atoms. The smallest absolute Gasteiger partial charge is 0.201 e. The van der Waals surface area contributed by atoms with Gasteiger partial charge in [0.15, 0.2) is 5.43 Å². The van der Waals surface area contributed by atoms with E-state index in [1.54, 1.807) is 13.8 Å². The van der Waals surface area contributed by atoms with E-state index < -0.39 is 5.60 Å². The summed E-state index contributed by atoms with van der Waals surface area (Å²) in [5.74, 6) is 0.344. The lowest BCUT2D eigenvalue weighted by Gasteiger charge is -2.22.